The predicted octanol–water partition coefficient (Wildman–Crippen LogP) is 0.966. The van der Waals surface area contributed by atoms with E-state index in [9.17, 15) is 4.79 Å². The van der Waals surface area contributed by atoms with Gasteiger partial charge >= 0.3 is 0 Å². The van der Waals surface area contributed by atoms with Gasteiger partial charge < -0.3 is 0 Å². The molecule has 0 unspecified atom stereocenters. The van der Waals surface area contributed by atoms with Crippen LogP contribution in [0, 0.1) is 6.92 Å². The Balaban J connectivity index is 2.94. The van der Waals surface area contributed by atoms with E-state index in [0.717, 1.165) is 6.29 Å². The lowest BCUT2D eigenvalue weighted by molar-refractivity contribution is -0.104. The second-order valence-electron chi connectivity index (χ2n) is 0.853. The number of hydrogen-bond donors (Lipinski definition) is 0. The number of allylic oxidation sites excluding steroid dienone is 2. The maximum Gasteiger partial charge on any atom is 0.142 e. The van der Waals surface area contributed by atoms with Crippen molar-refractivity contribution in [2.45, 2.75) is 6.42 Å². The summed E-state index contributed by atoms with van der Waals surface area (Å²) in [4.78, 5) is 9.45. The molecule has 0 aromatic heterocycles. The average molecular weight is 83.1 g/mol. The van der Waals surface area contributed by atoms with Crippen LogP contribution < -0.4 is 0 Å². The first kappa shape index (κ1) is 5.41. The van der Waals surface area contributed by atoms with Crippen molar-refractivity contribution in [1.29, 1.82) is 0 Å². The zero-order valence-corrected chi connectivity index (χ0v) is 3.55. The summed E-state index contributed by atoms with van der Waals surface area (Å²) in [5.41, 5.74) is 0. The molecule has 0 rings (SSSR count). The summed E-state index contributed by atoms with van der Waals surface area (Å²) in [7, 11) is 0. The highest BCUT2D eigenvalue weighted by atomic mass is 16.1. The van der Waals surface area contributed by atoms with Crippen molar-refractivity contribution in [3.05, 3.63) is 19.1 Å². The summed E-state index contributed by atoms with van der Waals surface area (Å²) in [5, 5.41) is 0. The molecule has 0 saturated carbocycles. The molecule has 6 heavy (non-hydrogen) atoms. The first-order valence-electron chi connectivity index (χ1n) is 1.81. The molecule has 0 aliphatic heterocycles. The van der Waals surface area contributed by atoms with Crippen molar-refractivity contribution in [2.24, 2.45) is 0 Å². The molecule has 0 aromatic carbocycles. The molecule has 1 nitrogen and oxygen atoms in total. The number of rotatable bonds is 2. The van der Waals surface area contributed by atoms with Gasteiger partial charge in [-0.25, -0.2) is 0 Å². The normalized spacial score (nSPS) is 9.50. The largest absolute Gasteiger partial charge is 0.299 e. The van der Waals surface area contributed by atoms with E-state index in [1.807, 2.05) is 0 Å². The average Bonchev–Trinajstić information content (AvgIpc) is 1.61. The van der Waals surface area contributed by atoms with Gasteiger partial charge in [-0.2, -0.15) is 0 Å². The Morgan fingerprint density at radius 3 is 2.50 bits per heavy atom. The van der Waals surface area contributed by atoms with Crippen molar-refractivity contribution >= 4 is 6.29 Å². The molecule has 0 spiro atoms. The molecule has 0 N–H and O–H groups in total. The molecule has 0 fully saturated rings. The van der Waals surface area contributed by atoms with E-state index in [1.165, 1.54) is 6.08 Å². The molecule has 0 aromatic rings. The highest BCUT2D eigenvalue weighted by Crippen LogP contribution is 1.72. The van der Waals surface area contributed by atoms with Crippen LogP contribution in [0.4, 0.5) is 0 Å². The fourth-order valence-electron chi connectivity index (χ4n) is 0.152. The van der Waals surface area contributed by atoms with Gasteiger partial charge in [0.1, 0.15) is 6.29 Å². The third kappa shape index (κ3) is 3.41. The van der Waals surface area contributed by atoms with Crippen LogP contribution in [0.2, 0.25) is 0 Å². The maximum absolute atomic E-state index is 9.45. The van der Waals surface area contributed by atoms with Crippen LogP contribution in [0.5, 0.6) is 0 Å². The van der Waals surface area contributed by atoms with E-state index in [-0.39, 0.29) is 0 Å². The van der Waals surface area contributed by atoms with Gasteiger partial charge in [0.2, 0.25) is 0 Å². The zero-order chi connectivity index (χ0) is 4.83. The molecule has 1 heteroatoms. The van der Waals surface area contributed by atoms with Crippen molar-refractivity contribution in [3.63, 3.8) is 0 Å². The van der Waals surface area contributed by atoms with E-state index in [4.69, 9.17) is 0 Å². The van der Waals surface area contributed by atoms with Crippen LogP contribution >= 0.6 is 0 Å². The molecule has 0 aliphatic rings. The number of carbonyl (C=O) groups excluding carboxylic acids is 1. The molecule has 0 amide bonds. The highest BCUT2D eigenvalue weighted by Gasteiger charge is 1.58. The molecule has 0 bridgehead atoms. The fraction of sp³-hybridized carbons (Fsp3) is 0.200. The lowest BCUT2D eigenvalue weighted by atomic mass is 10.4. The van der Waals surface area contributed by atoms with Crippen LogP contribution in [-0.4, -0.2) is 6.29 Å². The molecular formula is C5H7O. The van der Waals surface area contributed by atoms with Gasteiger partial charge in [-0.3, -0.25) is 4.79 Å². The number of hydrogen-bond acceptors (Lipinski definition) is 1. The van der Waals surface area contributed by atoms with Gasteiger partial charge in [-0.05, 0) is 19.4 Å². The quantitative estimate of drug-likeness (QED) is 0.359. The van der Waals surface area contributed by atoms with Gasteiger partial charge in [0.25, 0.3) is 0 Å². The Hall–Kier alpha value is -0.590. The summed E-state index contributed by atoms with van der Waals surface area (Å²) < 4.78 is 0. The van der Waals surface area contributed by atoms with Crippen molar-refractivity contribution in [2.75, 3.05) is 0 Å². The Bertz CT molecular complexity index is 55.0. The van der Waals surface area contributed by atoms with E-state index in [2.05, 4.69) is 6.92 Å². The van der Waals surface area contributed by atoms with Gasteiger partial charge in [0.15, 0.2) is 0 Å². The molecule has 33 valence electrons. The van der Waals surface area contributed by atoms with Crippen molar-refractivity contribution in [3.8, 4) is 0 Å². The number of aldehydes is 1. The topological polar surface area (TPSA) is 17.1 Å². The van der Waals surface area contributed by atoms with E-state index >= 15 is 0 Å². The minimum Gasteiger partial charge on any atom is -0.299 e. The van der Waals surface area contributed by atoms with Crippen LogP contribution in [0.1, 0.15) is 6.42 Å². The summed E-state index contributed by atoms with van der Waals surface area (Å²) in [6.07, 6.45) is 4.57. The summed E-state index contributed by atoms with van der Waals surface area (Å²) in [6, 6.07) is 0. The minimum absolute atomic E-state index is 0.693. The smallest absolute Gasteiger partial charge is 0.142 e. The number of carbonyl (C=O) groups is 1. The maximum atomic E-state index is 9.45. The van der Waals surface area contributed by atoms with Crippen molar-refractivity contribution < 1.29 is 4.79 Å². The van der Waals surface area contributed by atoms with Gasteiger partial charge in [0, 0.05) is 0 Å². The second-order valence-corrected chi connectivity index (χ2v) is 0.853. The van der Waals surface area contributed by atoms with E-state index in [0.29, 0.717) is 6.42 Å². The summed E-state index contributed by atoms with van der Waals surface area (Å²) in [6.45, 7) is 3.48. The predicted molar refractivity (Wildman–Crippen MR) is 25.2 cm³/mol. The van der Waals surface area contributed by atoms with Crippen LogP contribution in [0.15, 0.2) is 12.2 Å². The Morgan fingerprint density at radius 1 is 1.67 bits per heavy atom. The molecule has 0 aliphatic carbocycles. The lowest BCUT2D eigenvalue weighted by Gasteiger charge is -1.64. The van der Waals surface area contributed by atoms with Crippen LogP contribution in [-0.2, 0) is 4.79 Å². The molecular weight excluding hydrogens is 76.1 g/mol. The van der Waals surface area contributed by atoms with E-state index < -0.39 is 0 Å². The minimum atomic E-state index is 0.693. The summed E-state index contributed by atoms with van der Waals surface area (Å²) >= 11 is 0. The molecule has 0 heterocycles. The lowest BCUT2D eigenvalue weighted by Crippen LogP contribution is -1.56. The standard InChI is InChI=1S/C5H7O/c1-2-3-4-5-6/h3-5H,1-2H2. The van der Waals surface area contributed by atoms with E-state index in [1.54, 1.807) is 6.08 Å². The third-order valence-corrected chi connectivity index (χ3v) is 0.381. The highest BCUT2D eigenvalue weighted by molar-refractivity contribution is 5.64. The van der Waals surface area contributed by atoms with Crippen LogP contribution in [0.25, 0.3) is 0 Å². The zero-order valence-electron chi connectivity index (χ0n) is 3.55. The van der Waals surface area contributed by atoms with Crippen molar-refractivity contribution in [1.82, 2.24) is 0 Å². The SMILES string of the molecule is [CH2]CC=CC=O. The first-order chi connectivity index (χ1) is 2.91. The Morgan fingerprint density at radius 2 is 2.33 bits per heavy atom. The van der Waals surface area contributed by atoms with Gasteiger partial charge in [-0.15, -0.1) is 0 Å². The molecule has 0 saturated heterocycles. The Labute approximate surface area is 37.7 Å². The monoisotopic (exact) mass is 83.0 g/mol. The molecule has 1 radical (unpaired) electrons. The summed E-state index contributed by atoms with van der Waals surface area (Å²) in [5.74, 6) is 0. The van der Waals surface area contributed by atoms with Crippen LogP contribution in [0.3, 0.4) is 0 Å². The molecule has 0 atom stereocenters. The third-order valence-electron chi connectivity index (χ3n) is 0.381. The Kier molecular flexibility index (Phi) is 3.98. The fourth-order valence-corrected chi connectivity index (χ4v) is 0.152. The van der Waals surface area contributed by atoms with Gasteiger partial charge in [-0.1, -0.05) is 6.08 Å². The van der Waals surface area contributed by atoms with Gasteiger partial charge in [0.05, 0.1) is 0 Å². The second kappa shape index (κ2) is 4.41. The first-order valence-corrected chi connectivity index (χ1v) is 1.81.